The summed E-state index contributed by atoms with van der Waals surface area (Å²) in [5.41, 5.74) is 0. The Morgan fingerprint density at radius 2 is 1.89 bits per heavy atom. The van der Waals surface area contributed by atoms with Crippen molar-refractivity contribution in [2.75, 3.05) is 0 Å². The van der Waals surface area contributed by atoms with Crippen LogP contribution in [0.15, 0.2) is 45.7 Å². The maximum atomic E-state index is 12.1. The molecule has 100 valence electrons. The van der Waals surface area contributed by atoms with Crippen LogP contribution >= 0.6 is 11.6 Å². The van der Waals surface area contributed by atoms with E-state index in [0.717, 1.165) is 0 Å². The first-order valence-corrected chi connectivity index (χ1v) is 7.22. The molecule has 0 aliphatic heterocycles. The summed E-state index contributed by atoms with van der Waals surface area (Å²) in [4.78, 5) is 10.6. The van der Waals surface area contributed by atoms with Crippen molar-refractivity contribution in [3.8, 4) is 0 Å². The van der Waals surface area contributed by atoms with Crippen LogP contribution in [0.1, 0.15) is 16.3 Å². The first kappa shape index (κ1) is 13.6. The third kappa shape index (κ3) is 2.97. The van der Waals surface area contributed by atoms with E-state index in [9.17, 15) is 13.2 Å². The van der Waals surface area contributed by atoms with Gasteiger partial charge >= 0.3 is 5.97 Å². The van der Waals surface area contributed by atoms with E-state index in [1.165, 1.54) is 24.3 Å². The van der Waals surface area contributed by atoms with Crippen LogP contribution in [0, 0.1) is 0 Å². The van der Waals surface area contributed by atoms with Gasteiger partial charge in [-0.15, -0.1) is 0 Å². The highest BCUT2D eigenvalue weighted by molar-refractivity contribution is 7.90. The summed E-state index contributed by atoms with van der Waals surface area (Å²) in [7, 11) is -3.67. The maximum absolute atomic E-state index is 12.1. The van der Waals surface area contributed by atoms with E-state index >= 15 is 0 Å². The molecule has 0 aliphatic carbocycles. The van der Waals surface area contributed by atoms with Gasteiger partial charge in [0.25, 0.3) is 0 Å². The minimum Gasteiger partial charge on any atom is -0.475 e. The van der Waals surface area contributed by atoms with Crippen LogP contribution in [-0.2, 0) is 15.6 Å². The van der Waals surface area contributed by atoms with Crippen molar-refractivity contribution < 1.29 is 22.7 Å². The lowest BCUT2D eigenvalue weighted by molar-refractivity contribution is 0.0660. The molecular weight excluding hydrogens is 292 g/mol. The lowest BCUT2D eigenvalue weighted by Gasteiger charge is -2.04. The van der Waals surface area contributed by atoms with Crippen LogP contribution < -0.4 is 0 Å². The Bertz CT molecular complexity index is 717. The highest BCUT2D eigenvalue weighted by Crippen LogP contribution is 2.24. The van der Waals surface area contributed by atoms with E-state index in [1.807, 2.05) is 0 Å². The number of carboxylic acid groups (broad SMARTS) is 1. The van der Waals surface area contributed by atoms with E-state index in [-0.39, 0.29) is 21.4 Å². The molecule has 19 heavy (non-hydrogen) atoms. The zero-order valence-electron chi connectivity index (χ0n) is 9.54. The van der Waals surface area contributed by atoms with Crippen molar-refractivity contribution in [2.45, 2.75) is 10.6 Å². The van der Waals surface area contributed by atoms with Gasteiger partial charge in [-0.1, -0.05) is 23.7 Å². The first-order chi connectivity index (χ1) is 8.90. The Labute approximate surface area is 114 Å². The number of carbonyl (C=O) groups is 1. The lowest BCUT2D eigenvalue weighted by Crippen LogP contribution is -2.05. The molecule has 2 aromatic rings. The molecule has 1 aromatic heterocycles. The average Bonchev–Trinajstić information content (AvgIpc) is 2.77. The molecular formula is C12H9ClO5S. The van der Waals surface area contributed by atoms with Crippen LogP contribution in [0.25, 0.3) is 0 Å². The number of benzene rings is 1. The second-order valence-electron chi connectivity index (χ2n) is 3.76. The monoisotopic (exact) mass is 300 g/mol. The van der Waals surface area contributed by atoms with Gasteiger partial charge in [-0.05, 0) is 24.3 Å². The molecule has 0 bridgehead atoms. The average molecular weight is 301 g/mol. The molecule has 7 heteroatoms. The number of carboxylic acids is 1. The van der Waals surface area contributed by atoms with Gasteiger partial charge in [0, 0.05) is 0 Å². The number of aromatic carboxylic acids is 1. The van der Waals surface area contributed by atoms with Gasteiger partial charge in [-0.3, -0.25) is 0 Å². The Kier molecular flexibility index (Phi) is 3.64. The van der Waals surface area contributed by atoms with Crippen molar-refractivity contribution >= 4 is 27.4 Å². The van der Waals surface area contributed by atoms with Crippen molar-refractivity contribution in [2.24, 2.45) is 0 Å². The number of hydrogen-bond acceptors (Lipinski definition) is 4. The fourth-order valence-corrected chi connectivity index (χ4v) is 3.36. The highest BCUT2D eigenvalue weighted by Gasteiger charge is 2.21. The Morgan fingerprint density at radius 1 is 1.21 bits per heavy atom. The molecule has 0 radical (unpaired) electrons. The van der Waals surface area contributed by atoms with Crippen LogP contribution in [0.2, 0.25) is 5.02 Å². The number of rotatable bonds is 4. The zero-order chi connectivity index (χ0) is 14.0. The second-order valence-corrected chi connectivity index (χ2v) is 6.13. The van der Waals surface area contributed by atoms with Crippen LogP contribution in [0.4, 0.5) is 0 Å². The van der Waals surface area contributed by atoms with Gasteiger partial charge < -0.3 is 9.52 Å². The summed E-state index contributed by atoms with van der Waals surface area (Å²) in [6, 6.07) is 8.57. The van der Waals surface area contributed by atoms with Gasteiger partial charge in [0.1, 0.15) is 11.5 Å². The molecule has 0 aliphatic rings. The summed E-state index contributed by atoms with van der Waals surface area (Å²) in [6.45, 7) is 0. The Balaban J connectivity index is 2.31. The SMILES string of the molecule is O=C(O)c1ccc(CS(=O)(=O)c2ccccc2Cl)o1. The quantitative estimate of drug-likeness (QED) is 0.938. The fourth-order valence-electron chi connectivity index (χ4n) is 1.53. The van der Waals surface area contributed by atoms with Gasteiger partial charge in [0.15, 0.2) is 9.84 Å². The third-order valence-corrected chi connectivity index (χ3v) is 4.51. The second kappa shape index (κ2) is 5.07. The van der Waals surface area contributed by atoms with Crippen LogP contribution in [-0.4, -0.2) is 19.5 Å². The predicted molar refractivity (Wildman–Crippen MR) is 68.0 cm³/mol. The van der Waals surface area contributed by atoms with E-state index in [1.54, 1.807) is 12.1 Å². The maximum Gasteiger partial charge on any atom is 0.371 e. The van der Waals surface area contributed by atoms with Crippen LogP contribution in [0.5, 0.6) is 0 Å². The third-order valence-electron chi connectivity index (χ3n) is 2.38. The van der Waals surface area contributed by atoms with E-state index < -0.39 is 21.6 Å². The number of halogens is 1. The van der Waals surface area contributed by atoms with Crippen molar-refractivity contribution in [1.82, 2.24) is 0 Å². The zero-order valence-corrected chi connectivity index (χ0v) is 11.1. The molecule has 0 saturated carbocycles. The Morgan fingerprint density at radius 3 is 2.47 bits per heavy atom. The van der Waals surface area contributed by atoms with Crippen molar-refractivity contribution in [3.05, 3.63) is 52.9 Å². The van der Waals surface area contributed by atoms with Crippen molar-refractivity contribution in [1.29, 1.82) is 0 Å². The van der Waals surface area contributed by atoms with E-state index in [0.29, 0.717) is 0 Å². The molecule has 5 nitrogen and oxygen atoms in total. The molecule has 1 aromatic carbocycles. The molecule has 1 heterocycles. The molecule has 0 fully saturated rings. The molecule has 1 N–H and O–H groups in total. The summed E-state index contributed by atoms with van der Waals surface area (Å²) in [5.74, 6) is -1.94. The molecule has 0 unspecified atom stereocenters. The van der Waals surface area contributed by atoms with Gasteiger partial charge in [-0.25, -0.2) is 13.2 Å². The van der Waals surface area contributed by atoms with Crippen molar-refractivity contribution in [3.63, 3.8) is 0 Å². The fraction of sp³-hybridized carbons (Fsp3) is 0.0833. The number of hydrogen-bond donors (Lipinski definition) is 1. The molecule has 0 atom stereocenters. The number of furan rings is 1. The summed E-state index contributed by atoms with van der Waals surface area (Å²) in [5, 5.41) is 8.81. The standard InChI is InChI=1S/C12H9ClO5S/c13-9-3-1-2-4-11(9)19(16,17)7-8-5-6-10(18-8)12(14)15/h1-6H,7H2,(H,14,15). The van der Waals surface area contributed by atoms with Crippen LogP contribution in [0.3, 0.4) is 0 Å². The minimum absolute atomic E-state index is 0.00931. The molecule has 0 spiro atoms. The Hall–Kier alpha value is -1.79. The predicted octanol–water partition coefficient (Wildman–Crippen LogP) is 2.61. The van der Waals surface area contributed by atoms with Gasteiger partial charge in [0.05, 0.1) is 9.92 Å². The molecule has 0 amide bonds. The van der Waals surface area contributed by atoms with E-state index in [4.69, 9.17) is 21.1 Å². The highest BCUT2D eigenvalue weighted by atomic mass is 35.5. The van der Waals surface area contributed by atoms with Gasteiger partial charge in [-0.2, -0.15) is 0 Å². The smallest absolute Gasteiger partial charge is 0.371 e. The van der Waals surface area contributed by atoms with E-state index in [2.05, 4.69) is 0 Å². The molecule has 0 saturated heterocycles. The summed E-state index contributed by atoms with van der Waals surface area (Å²) < 4.78 is 29.1. The summed E-state index contributed by atoms with van der Waals surface area (Å²) in [6.07, 6.45) is 0. The largest absolute Gasteiger partial charge is 0.475 e. The topological polar surface area (TPSA) is 84.6 Å². The van der Waals surface area contributed by atoms with Gasteiger partial charge in [0.2, 0.25) is 5.76 Å². The minimum atomic E-state index is -3.67. The molecule has 2 rings (SSSR count). The number of sulfone groups is 1. The normalized spacial score (nSPS) is 11.4. The first-order valence-electron chi connectivity index (χ1n) is 5.19. The summed E-state index contributed by atoms with van der Waals surface area (Å²) >= 11 is 5.83. The lowest BCUT2D eigenvalue weighted by atomic mass is 10.4.